The van der Waals surface area contributed by atoms with Gasteiger partial charge in [0, 0.05) is 0 Å². The average molecular weight is 355 g/mol. The van der Waals surface area contributed by atoms with E-state index in [9.17, 15) is 0 Å². The molecular weight excluding hydrogens is 342 g/mol. The maximum atomic E-state index is 3.44. The van der Waals surface area contributed by atoms with Crippen molar-refractivity contribution in [2.24, 2.45) is 0 Å². The first-order valence-corrected chi connectivity index (χ1v) is 8.28. The first kappa shape index (κ1) is 11.2. The van der Waals surface area contributed by atoms with Gasteiger partial charge in [0.2, 0.25) is 0 Å². The summed E-state index contributed by atoms with van der Waals surface area (Å²) in [7, 11) is 4.23. The second-order valence-electron chi connectivity index (χ2n) is 2.91. The molecule has 0 unspecified atom stereocenters. The normalized spacial score (nSPS) is 9.85. The molecule has 0 spiro atoms. The van der Waals surface area contributed by atoms with Crippen LogP contribution in [0.2, 0.25) is 4.97 Å². The molecule has 3 heteroatoms. The summed E-state index contributed by atoms with van der Waals surface area (Å²) in [6.07, 6.45) is 0. The average Bonchev–Trinajstić information content (AvgIpc) is 2.09. The van der Waals surface area contributed by atoms with Crippen LogP contribution in [0.15, 0.2) is 28.7 Å². The molecule has 0 atom stereocenters. The molecule has 0 amide bonds. The first-order chi connectivity index (χ1) is 6.15. The van der Waals surface area contributed by atoms with E-state index in [0.717, 1.165) is 4.47 Å². The van der Waals surface area contributed by atoms with E-state index in [1.165, 1.54) is 9.32 Å². The maximum absolute atomic E-state index is 3.44. The molecule has 13 heavy (non-hydrogen) atoms. The topological polar surface area (TPSA) is 3.01 Å². The van der Waals surface area contributed by atoms with Gasteiger partial charge in [0.25, 0.3) is 0 Å². The van der Waals surface area contributed by atoms with Crippen LogP contribution in [0.25, 0.3) is 0 Å². The van der Waals surface area contributed by atoms with Crippen LogP contribution in [0.4, 0.5) is 0 Å². The molecule has 1 rings (SSSR count). The molecule has 0 aliphatic rings. The van der Waals surface area contributed by atoms with E-state index in [1.54, 1.807) is 0 Å². The Morgan fingerprint density at radius 2 is 1.77 bits per heavy atom. The van der Waals surface area contributed by atoms with Crippen molar-refractivity contribution in [2.75, 3.05) is 14.1 Å². The summed E-state index contributed by atoms with van der Waals surface area (Å²) in [5, 5.41) is 0. The monoisotopic (exact) mass is 356 g/mol. The zero-order valence-electron chi connectivity index (χ0n) is 8.04. The van der Waals surface area contributed by atoms with E-state index < -0.39 is 0 Å². The van der Waals surface area contributed by atoms with Gasteiger partial charge < -0.3 is 0 Å². The minimum atomic E-state index is -0.0281. The van der Waals surface area contributed by atoms with Crippen LogP contribution in [0.5, 0.6) is 0 Å². The summed E-state index contributed by atoms with van der Waals surface area (Å²) in [4.78, 5) is 2.31. The molecule has 0 saturated carbocycles. The molecule has 0 fully saturated rings. The second kappa shape index (κ2) is 5.14. The molecule has 0 N–H and O–H groups in total. The van der Waals surface area contributed by atoms with E-state index in [1.807, 2.05) is 0 Å². The van der Waals surface area contributed by atoms with Crippen molar-refractivity contribution >= 4 is 40.6 Å². The number of nitrogens with zero attached hydrogens (tertiary/aromatic N) is 1. The number of hydrogen-bond donors (Lipinski definition) is 0. The van der Waals surface area contributed by atoms with Gasteiger partial charge in [0.05, 0.1) is 0 Å². The SMILES string of the molecule is C[Te]C(c1ccc(Br)cc1)=[N+](C)C. The predicted octanol–water partition coefficient (Wildman–Crippen LogP) is 2.22. The van der Waals surface area contributed by atoms with E-state index in [4.69, 9.17) is 0 Å². The molecule has 0 aliphatic heterocycles. The summed E-state index contributed by atoms with van der Waals surface area (Å²) in [6.45, 7) is 0. The van der Waals surface area contributed by atoms with Gasteiger partial charge in [0.1, 0.15) is 0 Å². The van der Waals surface area contributed by atoms with Gasteiger partial charge >= 0.3 is 98.6 Å². The Hall–Kier alpha value is 0.160. The van der Waals surface area contributed by atoms with Gasteiger partial charge in [-0.3, -0.25) is 0 Å². The Morgan fingerprint density at radius 1 is 1.23 bits per heavy atom. The van der Waals surface area contributed by atoms with Gasteiger partial charge in [0.15, 0.2) is 0 Å². The third-order valence-electron chi connectivity index (χ3n) is 1.69. The third kappa shape index (κ3) is 3.09. The van der Waals surface area contributed by atoms with Gasteiger partial charge in [-0.15, -0.1) is 0 Å². The van der Waals surface area contributed by atoms with Crippen molar-refractivity contribution < 1.29 is 4.58 Å². The van der Waals surface area contributed by atoms with Crippen LogP contribution in [0, 0.1) is 0 Å². The fourth-order valence-corrected chi connectivity index (χ4v) is 3.52. The van der Waals surface area contributed by atoms with Crippen LogP contribution in [0.3, 0.4) is 0 Å². The Morgan fingerprint density at radius 3 is 2.15 bits per heavy atom. The van der Waals surface area contributed by atoms with Gasteiger partial charge in [-0.05, 0) is 0 Å². The molecule has 0 radical (unpaired) electrons. The Labute approximate surface area is 98.1 Å². The number of hydrogen-bond acceptors (Lipinski definition) is 0. The van der Waals surface area contributed by atoms with Crippen molar-refractivity contribution in [1.82, 2.24) is 0 Å². The zero-order chi connectivity index (χ0) is 9.84. The number of rotatable bonds is 2. The summed E-state index contributed by atoms with van der Waals surface area (Å²) in [5.41, 5.74) is 1.36. The Bertz CT molecular complexity index is 312. The fraction of sp³-hybridized carbons (Fsp3) is 0.300. The van der Waals surface area contributed by atoms with E-state index >= 15 is 0 Å². The minimum absolute atomic E-state index is 0.0281. The molecule has 1 aromatic rings. The third-order valence-corrected chi connectivity index (χ3v) is 5.04. The Balaban J connectivity index is 3.07. The van der Waals surface area contributed by atoms with Crippen molar-refractivity contribution in [3.8, 4) is 0 Å². The van der Waals surface area contributed by atoms with E-state index in [2.05, 4.69) is 63.8 Å². The summed E-state index contributed by atoms with van der Waals surface area (Å²) in [5.74, 6) is 0. The van der Waals surface area contributed by atoms with Crippen LogP contribution < -0.4 is 0 Å². The standard InChI is InChI=1S/C10H13BrNTe/c1-12(2)10(13-3)8-4-6-9(11)7-5-8/h4-7H,1-3H3/q+1. The fourth-order valence-electron chi connectivity index (χ4n) is 1.15. The van der Waals surface area contributed by atoms with Gasteiger partial charge in [-0.25, -0.2) is 0 Å². The number of benzene rings is 1. The molecular formula is C10H13BrNTe+. The molecule has 0 aromatic heterocycles. The summed E-state index contributed by atoms with van der Waals surface area (Å²) >= 11 is 3.41. The molecule has 70 valence electrons. The molecule has 0 aliphatic carbocycles. The van der Waals surface area contributed by atoms with Crippen LogP contribution in [0.1, 0.15) is 5.56 Å². The molecule has 0 bridgehead atoms. The van der Waals surface area contributed by atoms with Crippen molar-refractivity contribution in [3.63, 3.8) is 0 Å². The molecule has 1 nitrogen and oxygen atoms in total. The van der Waals surface area contributed by atoms with E-state index in [-0.39, 0.29) is 20.9 Å². The van der Waals surface area contributed by atoms with Crippen LogP contribution >= 0.6 is 15.9 Å². The first-order valence-electron chi connectivity index (χ1n) is 3.99. The second-order valence-corrected chi connectivity index (χ2v) is 6.10. The van der Waals surface area contributed by atoms with Crippen molar-refractivity contribution in [2.45, 2.75) is 4.97 Å². The molecule has 0 saturated heterocycles. The summed E-state index contributed by atoms with van der Waals surface area (Å²) < 4.78 is 4.87. The molecule has 0 heterocycles. The van der Waals surface area contributed by atoms with Crippen LogP contribution in [-0.4, -0.2) is 43.4 Å². The zero-order valence-corrected chi connectivity index (χ0v) is 12.0. The Kier molecular flexibility index (Phi) is 4.44. The van der Waals surface area contributed by atoms with Crippen molar-refractivity contribution in [1.29, 1.82) is 0 Å². The number of halogens is 1. The quantitative estimate of drug-likeness (QED) is 0.435. The van der Waals surface area contributed by atoms with Crippen LogP contribution in [-0.2, 0) is 0 Å². The van der Waals surface area contributed by atoms with Gasteiger partial charge in [-0.2, -0.15) is 0 Å². The predicted molar refractivity (Wildman–Crippen MR) is 62.0 cm³/mol. The molecule has 1 aromatic carbocycles. The summed E-state index contributed by atoms with van der Waals surface area (Å²) in [6, 6.07) is 8.55. The van der Waals surface area contributed by atoms with Crippen molar-refractivity contribution in [3.05, 3.63) is 34.3 Å². The van der Waals surface area contributed by atoms with Gasteiger partial charge in [-0.1, -0.05) is 0 Å². The van der Waals surface area contributed by atoms with E-state index in [0.29, 0.717) is 0 Å².